The summed E-state index contributed by atoms with van der Waals surface area (Å²) >= 11 is 0. The molecule has 0 aliphatic heterocycles. The van der Waals surface area contributed by atoms with Crippen LogP contribution in [0.3, 0.4) is 0 Å². The number of rotatable bonds is 5. The van der Waals surface area contributed by atoms with Gasteiger partial charge in [0.15, 0.2) is 0 Å². The Morgan fingerprint density at radius 3 is 2.60 bits per heavy atom. The van der Waals surface area contributed by atoms with E-state index in [0.717, 1.165) is 11.3 Å². The molecular weight excluding hydrogens is 378 g/mol. The largest absolute Gasteiger partial charge is 0.507 e. The van der Waals surface area contributed by atoms with Crippen LogP contribution in [-0.2, 0) is 0 Å². The Labute approximate surface area is 173 Å². The van der Waals surface area contributed by atoms with Crippen LogP contribution in [0, 0.1) is 0 Å². The van der Waals surface area contributed by atoms with Gasteiger partial charge in [-0.1, -0.05) is 24.3 Å². The van der Waals surface area contributed by atoms with Crippen molar-refractivity contribution in [2.45, 2.75) is 0 Å². The number of hydrogen-bond donors (Lipinski definition) is 3. The molecular formula is C23H21N5O2. The summed E-state index contributed by atoms with van der Waals surface area (Å²) in [5.41, 5.74) is 6.98. The predicted octanol–water partition coefficient (Wildman–Crippen LogP) is 3.77. The molecule has 0 unspecified atom stereocenters. The minimum absolute atomic E-state index is 0.141. The van der Waals surface area contributed by atoms with Crippen molar-refractivity contribution < 1.29 is 9.90 Å². The lowest BCUT2D eigenvalue weighted by Crippen LogP contribution is -2.17. The summed E-state index contributed by atoms with van der Waals surface area (Å²) in [6.45, 7) is 0. The Morgan fingerprint density at radius 1 is 1.10 bits per heavy atom. The van der Waals surface area contributed by atoms with E-state index in [-0.39, 0.29) is 11.7 Å². The lowest BCUT2D eigenvalue weighted by Gasteiger charge is -2.11. The number of aromatic hydroxyl groups is 1. The molecule has 0 saturated carbocycles. The first-order chi connectivity index (χ1) is 14.5. The molecule has 3 N–H and O–H groups in total. The maximum absolute atomic E-state index is 12.4. The van der Waals surface area contributed by atoms with Crippen molar-refractivity contribution in [3.63, 3.8) is 0 Å². The third-order valence-corrected chi connectivity index (χ3v) is 4.69. The number of imidazole rings is 1. The first-order valence-corrected chi connectivity index (χ1v) is 9.40. The third kappa shape index (κ3) is 4.00. The van der Waals surface area contributed by atoms with E-state index in [2.05, 4.69) is 20.5 Å². The Hall–Kier alpha value is -4.13. The van der Waals surface area contributed by atoms with Crippen molar-refractivity contribution in [2.24, 2.45) is 5.10 Å². The second-order valence-electron chi connectivity index (χ2n) is 7.02. The molecule has 7 heteroatoms. The predicted molar refractivity (Wildman–Crippen MR) is 119 cm³/mol. The van der Waals surface area contributed by atoms with Gasteiger partial charge in [-0.25, -0.2) is 10.4 Å². The Morgan fingerprint density at radius 2 is 1.87 bits per heavy atom. The number of phenols is 1. The maximum Gasteiger partial charge on any atom is 0.271 e. The van der Waals surface area contributed by atoms with Gasteiger partial charge in [0, 0.05) is 25.3 Å². The fraction of sp³-hybridized carbons (Fsp3) is 0.0870. The molecule has 4 aromatic rings. The number of aromatic nitrogens is 2. The normalized spacial score (nSPS) is 11.1. The summed E-state index contributed by atoms with van der Waals surface area (Å²) < 4.78 is 0. The zero-order valence-electron chi connectivity index (χ0n) is 16.6. The monoisotopic (exact) mass is 399 g/mol. The quantitative estimate of drug-likeness (QED) is 0.352. The number of para-hydroxylation sites is 1. The number of carbonyl (C=O) groups excluding carboxylic acids is 1. The summed E-state index contributed by atoms with van der Waals surface area (Å²) in [5.74, 6) is 0.360. The third-order valence-electron chi connectivity index (χ3n) is 4.69. The average Bonchev–Trinajstić information content (AvgIpc) is 3.17. The fourth-order valence-electron chi connectivity index (χ4n) is 3.04. The number of nitrogens with zero attached hydrogens (tertiary/aromatic N) is 3. The number of phenolic OH excluding ortho intramolecular Hbond substituents is 1. The van der Waals surface area contributed by atoms with Crippen molar-refractivity contribution in [3.05, 3.63) is 77.9 Å². The van der Waals surface area contributed by atoms with Crippen molar-refractivity contribution >= 4 is 28.8 Å². The number of nitrogens with one attached hydrogen (secondary N) is 2. The molecule has 30 heavy (non-hydrogen) atoms. The Balaban J connectivity index is 1.48. The van der Waals surface area contributed by atoms with Crippen molar-refractivity contribution in [1.82, 2.24) is 15.4 Å². The van der Waals surface area contributed by atoms with Crippen LogP contribution in [0.15, 0.2) is 71.8 Å². The lowest BCUT2D eigenvalue weighted by atomic mass is 10.2. The number of hydrogen-bond acceptors (Lipinski definition) is 5. The van der Waals surface area contributed by atoms with Gasteiger partial charge in [-0.2, -0.15) is 5.10 Å². The summed E-state index contributed by atoms with van der Waals surface area (Å²) in [4.78, 5) is 22.1. The Kier molecular flexibility index (Phi) is 5.17. The van der Waals surface area contributed by atoms with E-state index in [1.807, 2.05) is 49.3 Å². The summed E-state index contributed by atoms with van der Waals surface area (Å²) in [5, 5.41) is 14.1. The second kappa shape index (κ2) is 8.08. The molecule has 1 heterocycles. The molecule has 4 rings (SSSR count). The highest BCUT2D eigenvalue weighted by Gasteiger charge is 2.11. The van der Waals surface area contributed by atoms with Crippen molar-refractivity contribution in [3.8, 4) is 17.1 Å². The van der Waals surface area contributed by atoms with E-state index in [1.54, 1.807) is 42.6 Å². The van der Waals surface area contributed by atoms with Crippen LogP contribution in [0.2, 0.25) is 0 Å². The van der Waals surface area contributed by atoms with E-state index < -0.39 is 0 Å². The topological polar surface area (TPSA) is 93.6 Å². The molecule has 3 aromatic carbocycles. The molecule has 0 aliphatic carbocycles. The van der Waals surface area contributed by atoms with Crippen LogP contribution >= 0.6 is 0 Å². The van der Waals surface area contributed by atoms with Crippen LogP contribution < -0.4 is 10.3 Å². The lowest BCUT2D eigenvalue weighted by molar-refractivity contribution is 0.0955. The number of fused-ring (bicyclic) bond motifs is 1. The number of hydrazone groups is 1. The van der Waals surface area contributed by atoms with Crippen LogP contribution in [0.5, 0.6) is 5.75 Å². The molecule has 0 atom stereocenters. The molecule has 1 aromatic heterocycles. The van der Waals surface area contributed by atoms with Gasteiger partial charge in [-0.15, -0.1) is 0 Å². The minimum atomic E-state index is -0.322. The molecule has 0 saturated heterocycles. The highest BCUT2D eigenvalue weighted by Crippen LogP contribution is 2.28. The first kappa shape index (κ1) is 19.2. The second-order valence-corrected chi connectivity index (χ2v) is 7.02. The number of benzene rings is 3. The van der Waals surface area contributed by atoms with Crippen LogP contribution in [-0.4, -0.2) is 41.3 Å². The molecule has 0 fully saturated rings. The molecule has 0 spiro atoms. The number of anilines is 1. The number of carbonyl (C=O) groups is 1. The van der Waals surface area contributed by atoms with E-state index in [1.165, 1.54) is 0 Å². The Bertz CT molecular complexity index is 1230. The van der Waals surface area contributed by atoms with Gasteiger partial charge in [0.05, 0.1) is 22.8 Å². The SMILES string of the molecule is CN(C)c1ccc(/C=N/NC(=O)c2ccc3nc(-c4ccccc4O)[nH]c3c2)cc1. The fourth-order valence-corrected chi connectivity index (χ4v) is 3.04. The molecule has 0 bridgehead atoms. The van der Waals surface area contributed by atoms with E-state index in [0.29, 0.717) is 28.0 Å². The van der Waals surface area contributed by atoms with Gasteiger partial charge in [0.1, 0.15) is 11.6 Å². The summed E-state index contributed by atoms with van der Waals surface area (Å²) in [6, 6.07) is 20.0. The van der Waals surface area contributed by atoms with Gasteiger partial charge in [-0.3, -0.25) is 4.79 Å². The highest BCUT2D eigenvalue weighted by atomic mass is 16.3. The standard InChI is InChI=1S/C23H21N5O2/c1-28(2)17-10-7-15(8-11-17)14-24-27-23(30)16-9-12-19-20(13-16)26-22(25-19)18-5-3-4-6-21(18)29/h3-14,29H,1-2H3,(H,25,26)(H,27,30)/b24-14+. The molecule has 1 amide bonds. The molecule has 7 nitrogen and oxygen atoms in total. The summed E-state index contributed by atoms with van der Waals surface area (Å²) in [7, 11) is 3.96. The zero-order valence-corrected chi connectivity index (χ0v) is 16.6. The van der Waals surface area contributed by atoms with Gasteiger partial charge >= 0.3 is 0 Å². The first-order valence-electron chi connectivity index (χ1n) is 9.40. The number of aromatic amines is 1. The van der Waals surface area contributed by atoms with E-state index in [9.17, 15) is 9.90 Å². The smallest absolute Gasteiger partial charge is 0.271 e. The van der Waals surface area contributed by atoms with E-state index >= 15 is 0 Å². The number of H-pyrrole nitrogens is 1. The average molecular weight is 399 g/mol. The molecule has 0 aliphatic rings. The van der Waals surface area contributed by atoms with Gasteiger partial charge in [-0.05, 0) is 48.0 Å². The van der Waals surface area contributed by atoms with Crippen LogP contribution in [0.1, 0.15) is 15.9 Å². The molecule has 150 valence electrons. The van der Waals surface area contributed by atoms with Gasteiger partial charge in [0.2, 0.25) is 0 Å². The van der Waals surface area contributed by atoms with Gasteiger partial charge < -0.3 is 15.0 Å². The van der Waals surface area contributed by atoms with Crippen molar-refractivity contribution in [2.75, 3.05) is 19.0 Å². The number of amides is 1. The van der Waals surface area contributed by atoms with E-state index in [4.69, 9.17) is 0 Å². The van der Waals surface area contributed by atoms with Crippen molar-refractivity contribution in [1.29, 1.82) is 0 Å². The zero-order chi connectivity index (χ0) is 21.1. The maximum atomic E-state index is 12.4. The van der Waals surface area contributed by atoms with Crippen LogP contribution in [0.4, 0.5) is 5.69 Å². The molecule has 0 radical (unpaired) electrons. The van der Waals surface area contributed by atoms with Gasteiger partial charge in [0.25, 0.3) is 5.91 Å². The highest BCUT2D eigenvalue weighted by molar-refractivity contribution is 5.98. The van der Waals surface area contributed by atoms with Crippen LogP contribution in [0.25, 0.3) is 22.4 Å². The minimum Gasteiger partial charge on any atom is -0.507 e. The summed E-state index contributed by atoms with van der Waals surface area (Å²) in [6.07, 6.45) is 1.60.